The summed E-state index contributed by atoms with van der Waals surface area (Å²) in [6, 6.07) is 0. The smallest absolute Gasteiger partial charge is 0.106 e. The Morgan fingerprint density at radius 2 is 0.909 bits per heavy atom. The third-order valence-corrected chi connectivity index (χ3v) is 7.41. The molecule has 0 bridgehead atoms. The first-order valence-corrected chi connectivity index (χ1v) is 9.82. The van der Waals surface area contributed by atoms with Crippen molar-refractivity contribution >= 4 is 0 Å². The molecule has 0 aliphatic heterocycles. The number of hydrogen-bond donors (Lipinski definition) is 0. The minimum absolute atomic E-state index is 0.313. The van der Waals surface area contributed by atoms with Crippen LogP contribution in [0, 0.1) is 35.5 Å². The van der Waals surface area contributed by atoms with Crippen molar-refractivity contribution in [2.24, 2.45) is 35.5 Å². The summed E-state index contributed by atoms with van der Waals surface area (Å²) < 4.78 is 28.0. The predicted molar refractivity (Wildman–Crippen MR) is 88.3 cm³/mol. The molecule has 2 heteroatoms. The Labute approximate surface area is 135 Å². The van der Waals surface area contributed by atoms with Gasteiger partial charge in [-0.05, 0) is 81.0 Å². The first-order valence-electron chi connectivity index (χ1n) is 9.82. The summed E-state index contributed by atoms with van der Waals surface area (Å²) in [5.74, 6) is 3.33. The molecule has 3 fully saturated rings. The van der Waals surface area contributed by atoms with Gasteiger partial charge in [-0.2, -0.15) is 0 Å². The molecule has 0 aromatic rings. The van der Waals surface area contributed by atoms with Crippen LogP contribution in [0.2, 0.25) is 0 Å². The standard InChI is InChI=1S/C20H34F2/c1-13-3-5-15(6-4-13)16-7-9-17(10-8-16)18-11-19(21)14(2)20(22)12-18/h13-20H,3-12H2,1-2H3. The predicted octanol–water partition coefficient (Wildman–Crippen LogP) is 6.34. The van der Waals surface area contributed by atoms with E-state index in [0.29, 0.717) is 24.7 Å². The molecule has 0 heterocycles. The van der Waals surface area contributed by atoms with Crippen molar-refractivity contribution in [3.8, 4) is 0 Å². The van der Waals surface area contributed by atoms with Gasteiger partial charge in [-0.1, -0.05) is 26.7 Å². The summed E-state index contributed by atoms with van der Waals surface area (Å²) in [6.45, 7) is 4.13. The van der Waals surface area contributed by atoms with E-state index in [-0.39, 0.29) is 5.92 Å². The molecule has 3 aliphatic carbocycles. The van der Waals surface area contributed by atoms with E-state index in [2.05, 4.69) is 6.92 Å². The van der Waals surface area contributed by atoms with Gasteiger partial charge >= 0.3 is 0 Å². The SMILES string of the molecule is CC1CCC(C2CCC(C3CC(F)C(C)C(F)C3)CC2)CC1. The number of alkyl halides is 2. The lowest BCUT2D eigenvalue weighted by molar-refractivity contribution is 0.0186. The summed E-state index contributed by atoms with van der Waals surface area (Å²) in [5.41, 5.74) is 0. The maximum Gasteiger partial charge on any atom is 0.106 e. The molecule has 3 rings (SSSR count). The number of rotatable bonds is 2. The van der Waals surface area contributed by atoms with Crippen LogP contribution in [0.4, 0.5) is 8.78 Å². The van der Waals surface area contributed by atoms with E-state index in [1.54, 1.807) is 6.92 Å². The lowest BCUT2D eigenvalue weighted by Crippen LogP contribution is -2.38. The van der Waals surface area contributed by atoms with Gasteiger partial charge in [0.15, 0.2) is 0 Å². The van der Waals surface area contributed by atoms with Gasteiger partial charge in [-0.3, -0.25) is 0 Å². The third-order valence-electron chi connectivity index (χ3n) is 7.41. The van der Waals surface area contributed by atoms with Crippen molar-refractivity contribution in [3.63, 3.8) is 0 Å². The molecule has 128 valence electrons. The van der Waals surface area contributed by atoms with Gasteiger partial charge in [0, 0.05) is 5.92 Å². The molecule has 0 N–H and O–H groups in total. The fraction of sp³-hybridized carbons (Fsp3) is 1.00. The number of halogens is 2. The zero-order valence-electron chi connectivity index (χ0n) is 14.4. The van der Waals surface area contributed by atoms with Crippen molar-refractivity contribution in [3.05, 3.63) is 0 Å². The van der Waals surface area contributed by atoms with E-state index in [4.69, 9.17) is 0 Å². The van der Waals surface area contributed by atoms with Gasteiger partial charge in [0.2, 0.25) is 0 Å². The van der Waals surface area contributed by atoms with Gasteiger partial charge in [0.05, 0.1) is 0 Å². The van der Waals surface area contributed by atoms with Crippen molar-refractivity contribution in [1.29, 1.82) is 0 Å². The molecule has 0 aromatic carbocycles. The van der Waals surface area contributed by atoms with Crippen LogP contribution in [0.5, 0.6) is 0 Å². The van der Waals surface area contributed by atoms with Gasteiger partial charge in [0.1, 0.15) is 12.3 Å². The van der Waals surface area contributed by atoms with Crippen LogP contribution in [0.3, 0.4) is 0 Å². The van der Waals surface area contributed by atoms with E-state index in [0.717, 1.165) is 17.8 Å². The van der Waals surface area contributed by atoms with E-state index in [1.807, 2.05) is 0 Å². The van der Waals surface area contributed by atoms with E-state index in [9.17, 15) is 8.78 Å². The van der Waals surface area contributed by atoms with Crippen molar-refractivity contribution < 1.29 is 8.78 Å². The van der Waals surface area contributed by atoms with Crippen LogP contribution in [-0.2, 0) is 0 Å². The average Bonchev–Trinajstić information content (AvgIpc) is 2.53. The number of hydrogen-bond acceptors (Lipinski definition) is 0. The second kappa shape index (κ2) is 7.18. The lowest BCUT2D eigenvalue weighted by atomic mass is 9.65. The Morgan fingerprint density at radius 3 is 1.36 bits per heavy atom. The summed E-state index contributed by atoms with van der Waals surface area (Å²) in [7, 11) is 0. The molecule has 0 nitrogen and oxygen atoms in total. The lowest BCUT2D eigenvalue weighted by Gasteiger charge is -2.42. The maximum absolute atomic E-state index is 14.0. The highest BCUT2D eigenvalue weighted by atomic mass is 19.1. The molecule has 0 saturated heterocycles. The molecule has 0 aromatic heterocycles. The van der Waals surface area contributed by atoms with Crippen molar-refractivity contribution in [2.75, 3.05) is 0 Å². The van der Waals surface area contributed by atoms with E-state index in [1.165, 1.54) is 51.4 Å². The van der Waals surface area contributed by atoms with Crippen molar-refractivity contribution in [1.82, 2.24) is 0 Å². The molecule has 22 heavy (non-hydrogen) atoms. The molecule has 2 atom stereocenters. The van der Waals surface area contributed by atoms with Crippen LogP contribution in [0.25, 0.3) is 0 Å². The van der Waals surface area contributed by atoms with Gasteiger partial charge in [0.25, 0.3) is 0 Å². The third kappa shape index (κ3) is 3.67. The Kier molecular flexibility index (Phi) is 5.45. The fourth-order valence-electron chi connectivity index (χ4n) is 5.56. The monoisotopic (exact) mass is 312 g/mol. The molecule has 0 spiro atoms. The zero-order chi connectivity index (χ0) is 15.7. The molecular formula is C20H34F2. The quantitative estimate of drug-likeness (QED) is 0.558. The summed E-state index contributed by atoms with van der Waals surface area (Å²) in [6.07, 6.45) is 10.2. The van der Waals surface area contributed by atoms with Crippen LogP contribution in [0.15, 0.2) is 0 Å². The highest BCUT2D eigenvalue weighted by Crippen LogP contribution is 2.46. The molecule has 3 aliphatic rings. The van der Waals surface area contributed by atoms with Gasteiger partial charge in [-0.15, -0.1) is 0 Å². The van der Waals surface area contributed by atoms with Gasteiger partial charge in [-0.25, -0.2) is 8.78 Å². The Bertz CT molecular complexity index is 328. The zero-order valence-corrected chi connectivity index (χ0v) is 14.4. The normalized spacial score (nSPS) is 50.7. The molecule has 0 amide bonds. The van der Waals surface area contributed by atoms with Crippen LogP contribution in [0.1, 0.15) is 78.1 Å². The van der Waals surface area contributed by atoms with Gasteiger partial charge < -0.3 is 0 Å². The summed E-state index contributed by atoms with van der Waals surface area (Å²) in [5, 5.41) is 0. The molecule has 2 unspecified atom stereocenters. The summed E-state index contributed by atoms with van der Waals surface area (Å²) >= 11 is 0. The average molecular weight is 312 g/mol. The molecule has 3 saturated carbocycles. The van der Waals surface area contributed by atoms with Crippen LogP contribution >= 0.6 is 0 Å². The Balaban J connectivity index is 1.47. The maximum atomic E-state index is 14.0. The largest absolute Gasteiger partial charge is 0.247 e. The first-order chi connectivity index (χ1) is 10.5. The minimum Gasteiger partial charge on any atom is -0.247 e. The second-order valence-corrected chi connectivity index (χ2v) is 8.82. The molecular weight excluding hydrogens is 278 g/mol. The minimum atomic E-state index is -0.911. The second-order valence-electron chi connectivity index (χ2n) is 8.82. The van der Waals surface area contributed by atoms with Crippen molar-refractivity contribution in [2.45, 2.75) is 90.4 Å². The Morgan fingerprint density at radius 1 is 0.545 bits per heavy atom. The molecule has 0 radical (unpaired) electrons. The first kappa shape index (κ1) is 16.7. The Hall–Kier alpha value is -0.140. The summed E-state index contributed by atoms with van der Waals surface area (Å²) in [4.78, 5) is 0. The van der Waals surface area contributed by atoms with Crippen LogP contribution < -0.4 is 0 Å². The highest BCUT2D eigenvalue weighted by molar-refractivity contribution is 4.90. The van der Waals surface area contributed by atoms with E-state index >= 15 is 0 Å². The highest BCUT2D eigenvalue weighted by Gasteiger charge is 2.40. The topological polar surface area (TPSA) is 0 Å². The fourth-order valence-corrected chi connectivity index (χ4v) is 5.56. The van der Waals surface area contributed by atoms with E-state index < -0.39 is 12.3 Å². The van der Waals surface area contributed by atoms with Crippen LogP contribution in [-0.4, -0.2) is 12.3 Å².